The van der Waals surface area contributed by atoms with Gasteiger partial charge in [0, 0.05) is 6.16 Å². The van der Waals surface area contributed by atoms with Crippen LogP contribution in [0.2, 0.25) is 0 Å². The van der Waals surface area contributed by atoms with Crippen molar-refractivity contribution < 1.29 is 14.4 Å². The molecule has 3 nitrogen and oxygen atoms in total. The van der Waals surface area contributed by atoms with Gasteiger partial charge in [-0.2, -0.15) is 0 Å². The predicted octanol–water partition coefficient (Wildman–Crippen LogP) is 2.69. The molecule has 0 saturated heterocycles. The average Bonchev–Trinajstić information content (AvgIpc) is 2.01. The van der Waals surface area contributed by atoms with E-state index in [1.54, 1.807) is 0 Å². The van der Waals surface area contributed by atoms with Crippen molar-refractivity contribution in [3.63, 3.8) is 0 Å². The molecule has 0 aliphatic rings. The highest BCUT2D eigenvalue weighted by Gasteiger charge is 2.10. The largest absolute Gasteiger partial charge is 0.325 e. The van der Waals surface area contributed by atoms with Crippen molar-refractivity contribution in [2.24, 2.45) is 0 Å². The van der Waals surface area contributed by atoms with Crippen molar-refractivity contribution in [1.29, 1.82) is 0 Å². The monoisotopic (exact) mass is 206 g/mol. The molecule has 0 fully saturated rings. The Morgan fingerprint density at radius 2 is 1.62 bits per heavy atom. The van der Waals surface area contributed by atoms with Crippen LogP contribution in [0.5, 0.6) is 0 Å². The minimum Gasteiger partial charge on any atom is -0.324 e. The summed E-state index contributed by atoms with van der Waals surface area (Å²) in [5.41, 5.74) is 0. The van der Waals surface area contributed by atoms with Crippen LogP contribution >= 0.6 is 7.60 Å². The van der Waals surface area contributed by atoms with Crippen LogP contribution in [-0.4, -0.2) is 15.9 Å². The standard InChI is InChI=1S/C9H19O3P/c1-2-3-4-5-6-7-8-9-13(10,11)12/h2H,1,3-9H2,(H2,10,11,12). The van der Waals surface area contributed by atoms with Crippen molar-refractivity contribution in [2.75, 3.05) is 6.16 Å². The van der Waals surface area contributed by atoms with Gasteiger partial charge in [-0.3, -0.25) is 4.57 Å². The Morgan fingerprint density at radius 3 is 2.15 bits per heavy atom. The summed E-state index contributed by atoms with van der Waals surface area (Å²) in [5, 5.41) is 0. The summed E-state index contributed by atoms with van der Waals surface area (Å²) in [7, 11) is -3.74. The highest BCUT2D eigenvalue weighted by Crippen LogP contribution is 2.35. The van der Waals surface area contributed by atoms with E-state index in [1.807, 2.05) is 6.08 Å². The summed E-state index contributed by atoms with van der Waals surface area (Å²) in [5.74, 6) is 0. The SMILES string of the molecule is C=CCCCCCCCP(=O)(O)O. The van der Waals surface area contributed by atoms with E-state index < -0.39 is 7.60 Å². The number of hydrogen-bond acceptors (Lipinski definition) is 1. The third kappa shape index (κ3) is 11.9. The van der Waals surface area contributed by atoms with Crippen LogP contribution in [0.3, 0.4) is 0 Å². The highest BCUT2D eigenvalue weighted by molar-refractivity contribution is 7.51. The molecule has 0 aliphatic carbocycles. The summed E-state index contributed by atoms with van der Waals surface area (Å²) in [4.78, 5) is 17.1. The first-order chi connectivity index (χ1) is 6.06. The number of rotatable bonds is 8. The molecule has 0 aromatic carbocycles. The van der Waals surface area contributed by atoms with Gasteiger partial charge in [-0.25, -0.2) is 0 Å². The van der Waals surface area contributed by atoms with E-state index in [4.69, 9.17) is 9.79 Å². The Bertz CT molecular complexity index is 174. The molecule has 0 aromatic heterocycles. The number of allylic oxidation sites excluding steroid dienone is 1. The van der Waals surface area contributed by atoms with Gasteiger partial charge in [0.05, 0.1) is 0 Å². The van der Waals surface area contributed by atoms with Crippen LogP contribution in [0.15, 0.2) is 12.7 Å². The van der Waals surface area contributed by atoms with E-state index in [2.05, 4.69) is 6.58 Å². The third-order valence-electron chi connectivity index (χ3n) is 1.86. The van der Waals surface area contributed by atoms with Crippen LogP contribution in [-0.2, 0) is 4.57 Å². The number of unbranched alkanes of at least 4 members (excludes halogenated alkanes) is 5. The van der Waals surface area contributed by atoms with E-state index >= 15 is 0 Å². The van der Waals surface area contributed by atoms with Crippen LogP contribution in [0.4, 0.5) is 0 Å². The number of hydrogen-bond donors (Lipinski definition) is 2. The Hall–Kier alpha value is -0.110. The molecule has 0 aliphatic heterocycles. The maximum atomic E-state index is 10.4. The lowest BCUT2D eigenvalue weighted by atomic mass is 10.1. The summed E-state index contributed by atoms with van der Waals surface area (Å²) < 4.78 is 10.4. The molecule has 13 heavy (non-hydrogen) atoms. The molecular formula is C9H19O3P. The fourth-order valence-corrected chi connectivity index (χ4v) is 1.77. The normalized spacial score (nSPS) is 11.5. The summed E-state index contributed by atoms with van der Waals surface area (Å²) in [6.45, 7) is 3.62. The first-order valence-electron chi connectivity index (χ1n) is 4.72. The van der Waals surface area contributed by atoms with Gasteiger partial charge in [-0.05, 0) is 19.3 Å². The molecule has 78 valence electrons. The first-order valence-corrected chi connectivity index (χ1v) is 6.51. The second-order valence-electron chi connectivity index (χ2n) is 3.23. The quantitative estimate of drug-likeness (QED) is 0.364. The second kappa shape index (κ2) is 7.31. The summed E-state index contributed by atoms with van der Waals surface area (Å²) in [6, 6.07) is 0. The van der Waals surface area contributed by atoms with Gasteiger partial charge < -0.3 is 9.79 Å². The van der Waals surface area contributed by atoms with Gasteiger partial charge in [-0.1, -0.05) is 25.3 Å². The van der Waals surface area contributed by atoms with Gasteiger partial charge in [0.15, 0.2) is 0 Å². The van der Waals surface area contributed by atoms with Crippen LogP contribution < -0.4 is 0 Å². The lowest BCUT2D eigenvalue weighted by Crippen LogP contribution is -1.88. The van der Waals surface area contributed by atoms with Crippen LogP contribution in [0, 0.1) is 0 Å². The smallest absolute Gasteiger partial charge is 0.324 e. The minimum absolute atomic E-state index is 0.0362. The maximum absolute atomic E-state index is 10.4. The average molecular weight is 206 g/mol. The fourth-order valence-electron chi connectivity index (χ4n) is 1.14. The molecular weight excluding hydrogens is 187 g/mol. The van der Waals surface area contributed by atoms with E-state index in [0.717, 1.165) is 32.1 Å². The molecule has 0 rings (SSSR count). The highest BCUT2D eigenvalue weighted by atomic mass is 31.2. The van der Waals surface area contributed by atoms with Crippen LogP contribution in [0.25, 0.3) is 0 Å². The Balaban J connectivity index is 3.08. The molecule has 0 atom stereocenters. The van der Waals surface area contributed by atoms with E-state index in [9.17, 15) is 4.57 Å². The Labute approximate surface area is 80.0 Å². The molecule has 0 radical (unpaired) electrons. The molecule has 0 spiro atoms. The van der Waals surface area contributed by atoms with Crippen LogP contribution in [0.1, 0.15) is 38.5 Å². The predicted molar refractivity (Wildman–Crippen MR) is 54.8 cm³/mol. The summed E-state index contributed by atoms with van der Waals surface area (Å²) >= 11 is 0. The zero-order valence-corrected chi connectivity index (χ0v) is 8.88. The topological polar surface area (TPSA) is 57.5 Å². The van der Waals surface area contributed by atoms with E-state index in [0.29, 0.717) is 6.42 Å². The van der Waals surface area contributed by atoms with E-state index in [1.165, 1.54) is 0 Å². The molecule has 0 bridgehead atoms. The first kappa shape index (κ1) is 12.9. The van der Waals surface area contributed by atoms with Gasteiger partial charge >= 0.3 is 7.60 Å². The van der Waals surface area contributed by atoms with Crippen molar-refractivity contribution >= 4 is 7.60 Å². The lowest BCUT2D eigenvalue weighted by molar-refractivity contribution is 0.370. The Kier molecular flexibility index (Phi) is 7.25. The van der Waals surface area contributed by atoms with Crippen molar-refractivity contribution in [1.82, 2.24) is 0 Å². The third-order valence-corrected chi connectivity index (χ3v) is 2.76. The lowest BCUT2D eigenvalue weighted by Gasteiger charge is -2.02. The zero-order chi connectivity index (χ0) is 10.2. The Morgan fingerprint density at radius 1 is 1.08 bits per heavy atom. The molecule has 0 saturated carbocycles. The van der Waals surface area contributed by atoms with Gasteiger partial charge in [0.2, 0.25) is 0 Å². The minimum atomic E-state index is -3.74. The molecule has 0 unspecified atom stereocenters. The maximum Gasteiger partial charge on any atom is 0.325 e. The van der Waals surface area contributed by atoms with Gasteiger partial charge in [0.25, 0.3) is 0 Å². The zero-order valence-electron chi connectivity index (χ0n) is 7.98. The molecule has 0 aromatic rings. The van der Waals surface area contributed by atoms with Crippen molar-refractivity contribution in [3.05, 3.63) is 12.7 Å². The van der Waals surface area contributed by atoms with Crippen molar-refractivity contribution in [3.8, 4) is 0 Å². The molecule has 0 amide bonds. The van der Waals surface area contributed by atoms with Gasteiger partial charge in [-0.15, -0.1) is 6.58 Å². The van der Waals surface area contributed by atoms with Gasteiger partial charge in [0.1, 0.15) is 0 Å². The summed E-state index contributed by atoms with van der Waals surface area (Å²) in [6.07, 6.45) is 7.86. The second-order valence-corrected chi connectivity index (χ2v) is 5.01. The molecule has 0 heterocycles. The fraction of sp³-hybridized carbons (Fsp3) is 0.778. The van der Waals surface area contributed by atoms with E-state index in [-0.39, 0.29) is 6.16 Å². The molecule has 4 heteroatoms. The molecule has 2 N–H and O–H groups in total. The van der Waals surface area contributed by atoms with Crippen molar-refractivity contribution in [2.45, 2.75) is 38.5 Å².